The molecule has 1 atom stereocenters. The van der Waals surface area contributed by atoms with Gasteiger partial charge in [-0.1, -0.05) is 38.0 Å². The van der Waals surface area contributed by atoms with Gasteiger partial charge in [0.15, 0.2) is 0 Å². The number of ether oxygens (including phenoxy) is 1. The van der Waals surface area contributed by atoms with E-state index >= 15 is 0 Å². The smallest absolute Gasteiger partial charge is 0.407 e. The molecule has 0 saturated heterocycles. The number of hydrogen-bond acceptors (Lipinski definition) is 3. The molecule has 1 aliphatic rings. The monoisotopic (exact) mass is 372 g/mol. The number of rotatable bonds is 5. The number of aromatic nitrogens is 1. The van der Waals surface area contributed by atoms with Crippen molar-refractivity contribution in [1.29, 1.82) is 0 Å². The van der Waals surface area contributed by atoms with Crippen molar-refractivity contribution in [1.82, 2.24) is 9.88 Å². The van der Waals surface area contributed by atoms with Crippen LogP contribution in [-0.2, 0) is 11.2 Å². The lowest BCUT2D eigenvalue weighted by atomic mass is 9.86. The quantitative estimate of drug-likeness (QED) is 0.794. The number of carbonyl (C=O) groups is 1. The largest absolute Gasteiger partial charge is 0.444 e. The van der Waals surface area contributed by atoms with Gasteiger partial charge in [-0.05, 0) is 51.7 Å². The summed E-state index contributed by atoms with van der Waals surface area (Å²) in [5.74, 6) is 0. The van der Waals surface area contributed by atoms with Crippen LogP contribution in [-0.4, -0.2) is 27.9 Å². The molecule has 1 heterocycles. The van der Waals surface area contributed by atoms with Crippen molar-refractivity contribution < 1.29 is 14.6 Å². The molecule has 1 aromatic heterocycles. The van der Waals surface area contributed by atoms with Gasteiger partial charge in [-0.3, -0.25) is 0 Å². The molecule has 27 heavy (non-hydrogen) atoms. The van der Waals surface area contributed by atoms with E-state index in [1.807, 2.05) is 37.5 Å². The highest BCUT2D eigenvalue weighted by atomic mass is 16.6. The molecule has 1 aromatic carbocycles. The summed E-state index contributed by atoms with van der Waals surface area (Å²) in [6.07, 6.45) is 6.28. The van der Waals surface area contributed by atoms with Gasteiger partial charge in [-0.15, -0.1) is 0 Å². The van der Waals surface area contributed by atoms with Crippen LogP contribution in [0, 0.1) is 5.41 Å². The van der Waals surface area contributed by atoms with Crippen molar-refractivity contribution in [3.8, 4) is 0 Å². The van der Waals surface area contributed by atoms with Crippen LogP contribution in [0.5, 0.6) is 0 Å². The van der Waals surface area contributed by atoms with Crippen LogP contribution >= 0.6 is 0 Å². The number of fused-ring (bicyclic) bond motifs is 1. The number of nitrogens with zero attached hydrogens (tertiary/aromatic N) is 1. The summed E-state index contributed by atoms with van der Waals surface area (Å²) in [4.78, 5) is 11.9. The van der Waals surface area contributed by atoms with Gasteiger partial charge in [-0.25, -0.2) is 4.79 Å². The molecule has 1 amide bonds. The molecular formula is C22H32N2O3. The number of alkyl carbamates (subject to hydrolysis) is 1. The molecule has 5 heteroatoms. The van der Waals surface area contributed by atoms with E-state index in [4.69, 9.17) is 4.74 Å². The molecular weight excluding hydrogens is 340 g/mol. The lowest BCUT2D eigenvalue weighted by Crippen LogP contribution is -2.33. The second kappa shape index (κ2) is 7.55. The number of aliphatic hydroxyl groups excluding tert-OH is 1. The first-order valence-electron chi connectivity index (χ1n) is 9.93. The highest BCUT2D eigenvalue weighted by Crippen LogP contribution is 2.46. The van der Waals surface area contributed by atoms with Crippen LogP contribution in [0.3, 0.4) is 0 Å². The summed E-state index contributed by atoms with van der Waals surface area (Å²) >= 11 is 0. The Morgan fingerprint density at radius 1 is 1.30 bits per heavy atom. The second-order valence-electron chi connectivity index (χ2n) is 8.99. The first-order chi connectivity index (χ1) is 12.7. The van der Waals surface area contributed by atoms with Crippen molar-refractivity contribution in [2.24, 2.45) is 5.41 Å². The van der Waals surface area contributed by atoms with Crippen molar-refractivity contribution in [2.75, 3.05) is 6.54 Å². The lowest BCUT2D eigenvalue weighted by molar-refractivity contribution is -0.0149. The van der Waals surface area contributed by atoms with Crippen molar-refractivity contribution in [3.63, 3.8) is 0 Å². The fraction of sp³-hybridized carbons (Fsp3) is 0.591. The molecule has 0 bridgehead atoms. The third kappa shape index (κ3) is 4.46. The Bertz CT molecular complexity index is 797. The average Bonchev–Trinajstić information content (AvgIpc) is 3.18. The van der Waals surface area contributed by atoms with Gasteiger partial charge < -0.3 is 19.7 Å². The van der Waals surface area contributed by atoms with E-state index in [1.165, 1.54) is 12.8 Å². The van der Waals surface area contributed by atoms with Crippen molar-refractivity contribution in [2.45, 2.75) is 71.6 Å². The number of benzene rings is 1. The third-order valence-corrected chi connectivity index (χ3v) is 5.52. The molecule has 148 valence electrons. The summed E-state index contributed by atoms with van der Waals surface area (Å²) in [6, 6.07) is 8.16. The molecule has 1 saturated carbocycles. The molecule has 2 N–H and O–H groups in total. The number of nitrogens with one attached hydrogen (secondary N) is 1. The van der Waals surface area contributed by atoms with Crippen LogP contribution < -0.4 is 5.32 Å². The second-order valence-corrected chi connectivity index (χ2v) is 8.99. The van der Waals surface area contributed by atoms with E-state index in [0.29, 0.717) is 13.0 Å². The molecule has 0 radical (unpaired) electrons. The van der Waals surface area contributed by atoms with E-state index in [-0.39, 0.29) is 5.41 Å². The van der Waals surface area contributed by atoms with Crippen LogP contribution in [0.2, 0.25) is 0 Å². The summed E-state index contributed by atoms with van der Waals surface area (Å²) < 4.78 is 7.31. The standard InChI is InChI=1S/C22H32N2O3/c1-21(2,3)27-20(26)23-14-11-16-15-24(18-10-6-5-9-17(16)18)19(25)22(4)12-7-8-13-22/h5-6,9-10,15,19,25H,7-8,11-14H2,1-4H3,(H,23,26). The van der Waals surface area contributed by atoms with Gasteiger partial charge in [0.05, 0.1) is 5.52 Å². The van der Waals surface area contributed by atoms with Crippen LogP contribution in [0.1, 0.15) is 65.2 Å². The summed E-state index contributed by atoms with van der Waals surface area (Å²) in [5, 5.41) is 15.1. The van der Waals surface area contributed by atoms with Gasteiger partial charge in [0, 0.05) is 23.5 Å². The third-order valence-electron chi connectivity index (χ3n) is 5.52. The van der Waals surface area contributed by atoms with Gasteiger partial charge in [0.1, 0.15) is 11.8 Å². The zero-order valence-corrected chi connectivity index (χ0v) is 16.9. The van der Waals surface area contributed by atoms with Crippen molar-refractivity contribution >= 4 is 17.0 Å². The Morgan fingerprint density at radius 3 is 2.63 bits per heavy atom. The maximum Gasteiger partial charge on any atom is 0.407 e. The number of aliphatic hydroxyl groups is 1. The molecule has 5 nitrogen and oxygen atoms in total. The number of amides is 1. The maximum atomic E-state index is 11.9. The van der Waals surface area contributed by atoms with E-state index < -0.39 is 17.9 Å². The first kappa shape index (κ1) is 19.7. The number of carbonyl (C=O) groups excluding carboxylic acids is 1. The molecule has 2 aromatic rings. The van der Waals surface area contributed by atoms with E-state index in [1.54, 1.807) is 0 Å². The van der Waals surface area contributed by atoms with E-state index in [2.05, 4.69) is 30.6 Å². The summed E-state index contributed by atoms with van der Waals surface area (Å²) in [7, 11) is 0. The topological polar surface area (TPSA) is 63.5 Å². The molecule has 1 fully saturated rings. The van der Waals surface area contributed by atoms with Crippen LogP contribution in [0.15, 0.2) is 30.5 Å². The Balaban J connectivity index is 1.76. The van der Waals surface area contributed by atoms with Gasteiger partial charge in [-0.2, -0.15) is 0 Å². The Kier molecular flexibility index (Phi) is 5.52. The van der Waals surface area contributed by atoms with E-state index in [0.717, 1.165) is 29.3 Å². The maximum absolute atomic E-state index is 11.9. The molecule has 0 aliphatic heterocycles. The molecule has 0 spiro atoms. The van der Waals surface area contributed by atoms with Gasteiger partial charge in [0.25, 0.3) is 0 Å². The average molecular weight is 373 g/mol. The highest BCUT2D eigenvalue weighted by molar-refractivity contribution is 5.84. The molecule has 1 unspecified atom stereocenters. The zero-order chi connectivity index (χ0) is 19.7. The minimum atomic E-state index is -0.530. The fourth-order valence-corrected chi connectivity index (χ4v) is 4.07. The zero-order valence-electron chi connectivity index (χ0n) is 16.9. The van der Waals surface area contributed by atoms with Crippen LogP contribution in [0.4, 0.5) is 4.79 Å². The summed E-state index contributed by atoms with van der Waals surface area (Å²) in [6.45, 7) is 8.24. The predicted octanol–water partition coefficient (Wildman–Crippen LogP) is 4.78. The number of hydrogen-bond donors (Lipinski definition) is 2. The first-order valence-corrected chi connectivity index (χ1v) is 9.93. The summed E-state index contributed by atoms with van der Waals surface area (Å²) in [5.41, 5.74) is 1.60. The fourth-order valence-electron chi connectivity index (χ4n) is 4.07. The van der Waals surface area contributed by atoms with Crippen LogP contribution in [0.25, 0.3) is 10.9 Å². The minimum absolute atomic E-state index is 0.0756. The van der Waals surface area contributed by atoms with Gasteiger partial charge >= 0.3 is 6.09 Å². The number of para-hydroxylation sites is 1. The Labute approximate surface area is 161 Å². The van der Waals surface area contributed by atoms with Crippen molar-refractivity contribution in [3.05, 3.63) is 36.0 Å². The van der Waals surface area contributed by atoms with Gasteiger partial charge in [0.2, 0.25) is 0 Å². The highest BCUT2D eigenvalue weighted by Gasteiger charge is 2.37. The SMILES string of the molecule is CC(C)(C)OC(=O)NCCc1cn(C(O)C2(C)CCCC2)c2ccccc12. The predicted molar refractivity (Wildman–Crippen MR) is 108 cm³/mol. The lowest BCUT2D eigenvalue weighted by Gasteiger charge is -2.31. The van der Waals surface area contributed by atoms with E-state index in [9.17, 15) is 9.90 Å². The molecule has 3 rings (SSSR count). The molecule has 1 aliphatic carbocycles. The normalized spacial score (nSPS) is 17.8. The minimum Gasteiger partial charge on any atom is -0.444 e. The Morgan fingerprint density at radius 2 is 1.96 bits per heavy atom. The Hall–Kier alpha value is -2.01.